The topological polar surface area (TPSA) is 62.3 Å². The Morgan fingerprint density at radius 1 is 1.03 bits per heavy atom. The van der Waals surface area contributed by atoms with Gasteiger partial charge in [0.1, 0.15) is 11.6 Å². The van der Waals surface area contributed by atoms with Crippen LogP contribution < -0.4 is 20.3 Å². The number of nitrogens with zero attached hydrogens (tertiary/aromatic N) is 3. The first-order valence-corrected chi connectivity index (χ1v) is 11.9. The van der Waals surface area contributed by atoms with Crippen molar-refractivity contribution in [3.63, 3.8) is 0 Å². The van der Waals surface area contributed by atoms with Gasteiger partial charge in [-0.15, -0.1) is 0 Å². The second-order valence-electron chi connectivity index (χ2n) is 9.05. The Balaban J connectivity index is 1.29. The smallest absolute Gasteiger partial charge is 0.225 e. The molecular weight excluding hydrogens is 386 g/mol. The van der Waals surface area contributed by atoms with Crippen molar-refractivity contribution in [1.82, 2.24) is 15.3 Å². The van der Waals surface area contributed by atoms with E-state index in [0.717, 1.165) is 49.7 Å². The fourth-order valence-corrected chi connectivity index (χ4v) is 4.81. The van der Waals surface area contributed by atoms with Gasteiger partial charge in [-0.05, 0) is 76.0 Å². The Bertz CT molecular complexity index is 861. The second kappa shape index (κ2) is 10.3. The fourth-order valence-electron chi connectivity index (χ4n) is 4.81. The van der Waals surface area contributed by atoms with Gasteiger partial charge in [-0.3, -0.25) is 0 Å². The number of anilines is 2. The van der Waals surface area contributed by atoms with E-state index in [2.05, 4.69) is 47.8 Å². The summed E-state index contributed by atoms with van der Waals surface area (Å²) in [5.41, 5.74) is 3.88. The van der Waals surface area contributed by atoms with Crippen molar-refractivity contribution >= 4 is 11.8 Å². The molecule has 4 rings (SSSR count). The van der Waals surface area contributed by atoms with Crippen LogP contribution in [0, 0.1) is 0 Å². The lowest BCUT2D eigenvalue weighted by molar-refractivity contribution is 0.338. The number of fused-ring (bicyclic) bond motifs is 1. The molecule has 31 heavy (non-hydrogen) atoms. The number of rotatable bonds is 8. The van der Waals surface area contributed by atoms with Gasteiger partial charge >= 0.3 is 0 Å². The molecule has 6 nitrogen and oxygen atoms in total. The standard InChI is InChI=1S/C25H37N5O/c1-4-31-21-9-7-8-18(16-21)17-26-19-12-14-20(15-13-19)27-25-28-23-11-6-5-10-22(23)24(29-25)30(2)3/h7-9,16,19-20,26H,4-6,10-15,17H2,1-3H3,(H,27,28,29). The van der Waals surface area contributed by atoms with Crippen LogP contribution >= 0.6 is 0 Å². The highest BCUT2D eigenvalue weighted by molar-refractivity contribution is 5.52. The van der Waals surface area contributed by atoms with Crippen molar-refractivity contribution in [1.29, 1.82) is 0 Å². The van der Waals surface area contributed by atoms with Gasteiger partial charge in [0.25, 0.3) is 0 Å². The SMILES string of the molecule is CCOc1cccc(CNC2CCC(Nc3nc4c(c(N(C)C)n3)CCCC4)CC2)c1. The molecule has 1 aromatic heterocycles. The van der Waals surface area contributed by atoms with E-state index in [-0.39, 0.29) is 0 Å². The lowest BCUT2D eigenvalue weighted by Gasteiger charge is -2.30. The van der Waals surface area contributed by atoms with E-state index in [4.69, 9.17) is 14.7 Å². The van der Waals surface area contributed by atoms with Crippen LogP contribution in [0.2, 0.25) is 0 Å². The molecule has 1 aromatic carbocycles. The van der Waals surface area contributed by atoms with Crippen LogP contribution in [-0.2, 0) is 19.4 Å². The number of nitrogens with one attached hydrogen (secondary N) is 2. The van der Waals surface area contributed by atoms with E-state index in [1.165, 1.54) is 42.5 Å². The molecule has 168 valence electrons. The number of ether oxygens (including phenoxy) is 1. The van der Waals surface area contributed by atoms with Gasteiger partial charge in [-0.2, -0.15) is 4.98 Å². The third-order valence-electron chi connectivity index (χ3n) is 6.45. The van der Waals surface area contributed by atoms with E-state index < -0.39 is 0 Å². The third kappa shape index (κ3) is 5.67. The normalized spacial score (nSPS) is 20.7. The largest absolute Gasteiger partial charge is 0.494 e. The van der Waals surface area contributed by atoms with Crippen LogP contribution in [0.25, 0.3) is 0 Å². The first-order valence-electron chi connectivity index (χ1n) is 11.9. The number of aryl methyl sites for hydroxylation is 1. The molecule has 2 aliphatic rings. The quantitative estimate of drug-likeness (QED) is 0.659. The average Bonchev–Trinajstić information content (AvgIpc) is 2.78. The Morgan fingerprint density at radius 3 is 2.58 bits per heavy atom. The molecule has 0 spiro atoms. The van der Waals surface area contributed by atoms with Gasteiger partial charge in [-0.25, -0.2) is 4.98 Å². The molecule has 2 aliphatic carbocycles. The minimum absolute atomic E-state index is 0.455. The van der Waals surface area contributed by atoms with Gasteiger partial charge in [0.05, 0.1) is 12.3 Å². The van der Waals surface area contributed by atoms with E-state index in [1.807, 2.05) is 13.0 Å². The number of benzene rings is 1. The summed E-state index contributed by atoms with van der Waals surface area (Å²) in [7, 11) is 4.17. The van der Waals surface area contributed by atoms with Crippen molar-refractivity contribution in [3.8, 4) is 5.75 Å². The molecular formula is C25H37N5O. The van der Waals surface area contributed by atoms with E-state index in [1.54, 1.807) is 0 Å². The van der Waals surface area contributed by atoms with E-state index >= 15 is 0 Å². The fraction of sp³-hybridized carbons (Fsp3) is 0.600. The van der Waals surface area contributed by atoms with Crippen molar-refractivity contribution in [2.45, 2.75) is 76.9 Å². The Kier molecular flexibility index (Phi) is 7.28. The molecule has 1 saturated carbocycles. The highest BCUT2D eigenvalue weighted by atomic mass is 16.5. The zero-order valence-corrected chi connectivity index (χ0v) is 19.3. The molecule has 0 aliphatic heterocycles. The summed E-state index contributed by atoms with van der Waals surface area (Å²) in [5.74, 6) is 2.86. The molecule has 0 amide bonds. The summed E-state index contributed by atoms with van der Waals surface area (Å²) >= 11 is 0. The maximum Gasteiger partial charge on any atom is 0.225 e. The molecule has 2 N–H and O–H groups in total. The summed E-state index contributed by atoms with van der Waals surface area (Å²) in [6.45, 7) is 3.62. The highest BCUT2D eigenvalue weighted by Crippen LogP contribution is 2.29. The summed E-state index contributed by atoms with van der Waals surface area (Å²) in [5, 5.41) is 7.38. The van der Waals surface area contributed by atoms with Crippen LogP contribution in [0.3, 0.4) is 0 Å². The maximum absolute atomic E-state index is 5.62. The lowest BCUT2D eigenvalue weighted by Crippen LogP contribution is -2.37. The van der Waals surface area contributed by atoms with Crippen molar-refractivity contribution < 1.29 is 4.74 Å². The zero-order chi connectivity index (χ0) is 21.6. The van der Waals surface area contributed by atoms with Crippen molar-refractivity contribution in [2.75, 3.05) is 30.9 Å². The molecule has 0 atom stereocenters. The summed E-state index contributed by atoms with van der Waals surface area (Å²) < 4.78 is 5.62. The third-order valence-corrected chi connectivity index (χ3v) is 6.45. The lowest BCUT2D eigenvalue weighted by atomic mass is 9.91. The van der Waals surface area contributed by atoms with Crippen molar-refractivity contribution in [3.05, 3.63) is 41.1 Å². The number of aromatic nitrogens is 2. The van der Waals surface area contributed by atoms with Crippen LogP contribution in [0.15, 0.2) is 24.3 Å². The maximum atomic E-state index is 5.62. The minimum Gasteiger partial charge on any atom is -0.494 e. The van der Waals surface area contributed by atoms with Gasteiger partial charge in [0.2, 0.25) is 5.95 Å². The van der Waals surface area contributed by atoms with Gasteiger partial charge in [0.15, 0.2) is 0 Å². The van der Waals surface area contributed by atoms with Gasteiger partial charge in [-0.1, -0.05) is 12.1 Å². The monoisotopic (exact) mass is 423 g/mol. The zero-order valence-electron chi connectivity index (χ0n) is 19.3. The van der Waals surface area contributed by atoms with Crippen LogP contribution in [-0.4, -0.2) is 42.8 Å². The van der Waals surface area contributed by atoms with Crippen LogP contribution in [0.4, 0.5) is 11.8 Å². The Hall–Kier alpha value is -2.34. The minimum atomic E-state index is 0.455. The molecule has 0 unspecified atom stereocenters. The first kappa shape index (κ1) is 21.9. The first-order chi connectivity index (χ1) is 15.1. The molecule has 0 saturated heterocycles. The van der Waals surface area contributed by atoms with Crippen LogP contribution in [0.1, 0.15) is 62.3 Å². The number of hydrogen-bond donors (Lipinski definition) is 2. The second-order valence-corrected chi connectivity index (χ2v) is 9.05. The number of hydrogen-bond acceptors (Lipinski definition) is 6. The molecule has 1 heterocycles. The van der Waals surface area contributed by atoms with Gasteiger partial charge in [0, 0.05) is 38.3 Å². The highest BCUT2D eigenvalue weighted by Gasteiger charge is 2.23. The van der Waals surface area contributed by atoms with E-state index in [9.17, 15) is 0 Å². The Labute approximate surface area is 186 Å². The van der Waals surface area contributed by atoms with Gasteiger partial charge < -0.3 is 20.3 Å². The summed E-state index contributed by atoms with van der Waals surface area (Å²) in [6.07, 6.45) is 9.31. The molecule has 0 bridgehead atoms. The molecule has 2 aromatic rings. The summed E-state index contributed by atoms with van der Waals surface area (Å²) in [6, 6.07) is 9.42. The average molecular weight is 424 g/mol. The molecule has 1 fully saturated rings. The predicted octanol–water partition coefficient (Wildman–Crippen LogP) is 4.33. The Morgan fingerprint density at radius 2 is 1.81 bits per heavy atom. The van der Waals surface area contributed by atoms with E-state index in [0.29, 0.717) is 18.7 Å². The molecule has 0 radical (unpaired) electrons. The summed E-state index contributed by atoms with van der Waals surface area (Å²) in [4.78, 5) is 11.9. The predicted molar refractivity (Wildman–Crippen MR) is 127 cm³/mol. The molecule has 6 heteroatoms. The van der Waals surface area contributed by atoms with Crippen molar-refractivity contribution in [2.24, 2.45) is 0 Å². The van der Waals surface area contributed by atoms with Crippen LogP contribution in [0.5, 0.6) is 5.75 Å².